The second kappa shape index (κ2) is 5.99. The first-order valence-electron chi connectivity index (χ1n) is 8.37. The van der Waals surface area contributed by atoms with Gasteiger partial charge in [0.05, 0.1) is 12.0 Å². The molecule has 1 saturated carbocycles. The predicted octanol–water partition coefficient (Wildman–Crippen LogP) is 2.44. The molecule has 5 heteroatoms. The van der Waals surface area contributed by atoms with Crippen LogP contribution in [0.3, 0.4) is 0 Å². The zero-order chi connectivity index (χ0) is 15.2. The lowest BCUT2D eigenvalue weighted by Gasteiger charge is -2.27. The highest BCUT2D eigenvalue weighted by molar-refractivity contribution is 5.86. The Balaban J connectivity index is 0.00000156. The minimum absolute atomic E-state index is 0. The van der Waals surface area contributed by atoms with E-state index in [1.165, 1.54) is 11.1 Å². The summed E-state index contributed by atoms with van der Waals surface area (Å²) in [6.45, 7) is 5.64. The van der Waals surface area contributed by atoms with E-state index in [4.69, 9.17) is 4.74 Å². The smallest absolute Gasteiger partial charge is 0.226 e. The molecule has 23 heavy (non-hydrogen) atoms. The van der Waals surface area contributed by atoms with E-state index >= 15 is 0 Å². The summed E-state index contributed by atoms with van der Waals surface area (Å²) in [5, 5.41) is 6.56. The molecule has 3 aliphatic rings. The van der Waals surface area contributed by atoms with Crippen molar-refractivity contribution in [3.63, 3.8) is 0 Å². The molecule has 1 saturated heterocycles. The molecule has 2 aliphatic heterocycles. The van der Waals surface area contributed by atoms with Crippen LogP contribution in [0, 0.1) is 10.8 Å². The van der Waals surface area contributed by atoms with Crippen molar-refractivity contribution in [3.05, 3.63) is 29.3 Å². The van der Waals surface area contributed by atoms with Crippen molar-refractivity contribution in [1.82, 2.24) is 10.6 Å². The van der Waals surface area contributed by atoms with Gasteiger partial charge in [-0.1, -0.05) is 19.1 Å². The third-order valence-electron chi connectivity index (χ3n) is 6.01. The minimum Gasteiger partial charge on any atom is -0.493 e. The number of halogens is 1. The van der Waals surface area contributed by atoms with Crippen LogP contribution in [0.25, 0.3) is 0 Å². The van der Waals surface area contributed by atoms with Crippen molar-refractivity contribution in [2.45, 2.75) is 39.2 Å². The molecule has 2 fully saturated rings. The van der Waals surface area contributed by atoms with Gasteiger partial charge in [0.15, 0.2) is 0 Å². The van der Waals surface area contributed by atoms with Gasteiger partial charge in [-0.05, 0) is 55.0 Å². The third-order valence-corrected chi connectivity index (χ3v) is 6.01. The van der Waals surface area contributed by atoms with Gasteiger partial charge in [-0.3, -0.25) is 4.79 Å². The SMILES string of the molecule is CC1(C(=O)NCc2ccc3c(c2)CCO3)CC12CCNCC2.Cl. The summed E-state index contributed by atoms with van der Waals surface area (Å²) in [6.07, 6.45) is 4.29. The van der Waals surface area contributed by atoms with Crippen LogP contribution in [0.4, 0.5) is 0 Å². The van der Waals surface area contributed by atoms with E-state index in [9.17, 15) is 4.79 Å². The largest absolute Gasteiger partial charge is 0.493 e. The summed E-state index contributed by atoms with van der Waals surface area (Å²) in [7, 11) is 0. The zero-order valence-electron chi connectivity index (χ0n) is 13.6. The maximum Gasteiger partial charge on any atom is 0.226 e. The first-order chi connectivity index (χ1) is 10.6. The van der Waals surface area contributed by atoms with Crippen molar-refractivity contribution >= 4 is 18.3 Å². The average Bonchev–Trinajstić information content (AvgIpc) is 2.90. The van der Waals surface area contributed by atoms with Crippen LogP contribution >= 0.6 is 12.4 Å². The second-order valence-corrected chi connectivity index (χ2v) is 7.26. The Labute approximate surface area is 143 Å². The zero-order valence-corrected chi connectivity index (χ0v) is 14.4. The Kier molecular flexibility index (Phi) is 4.32. The molecule has 1 aromatic carbocycles. The van der Waals surface area contributed by atoms with E-state index in [1.54, 1.807) is 0 Å². The van der Waals surface area contributed by atoms with E-state index in [2.05, 4.69) is 29.7 Å². The van der Waals surface area contributed by atoms with Gasteiger partial charge >= 0.3 is 0 Å². The minimum atomic E-state index is -0.158. The number of hydrogen-bond acceptors (Lipinski definition) is 3. The number of benzene rings is 1. The lowest BCUT2D eigenvalue weighted by Crippen LogP contribution is -2.38. The standard InChI is InChI=1S/C18H24N2O2.ClH/c1-17(12-18(17)5-7-19-8-6-18)16(21)20-11-13-2-3-15-14(10-13)4-9-22-15;/h2-3,10,19H,4-9,11-12H2,1H3,(H,20,21);1H. The molecule has 0 aromatic heterocycles. The van der Waals surface area contributed by atoms with Crippen LogP contribution in [0.5, 0.6) is 5.75 Å². The summed E-state index contributed by atoms with van der Waals surface area (Å²) in [5.41, 5.74) is 2.53. The Morgan fingerprint density at radius 1 is 1.35 bits per heavy atom. The van der Waals surface area contributed by atoms with Gasteiger partial charge in [0.25, 0.3) is 0 Å². The summed E-state index contributed by atoms with van der Waals surface area (Å²) in [6, 6.07) is 6.25. The maximum atomic E-state index is 12.7. The predicted molar refractivity (Wildman–Crippen MR) is 92.0 cm³/mol. The van der Waals surface area contributed by atoms with Crippen LogP contribution in [0.1, 0.15) is 37.3 Å². The summed E-state index contributed by atoms with van der Waals surface area (Å²) in [4.78, 5) is 12.7. The molecule has 4 nitrogen and oxygen atoms in total. The summed E-state index contributed by atoms with van der Waals surface area (Å²) < 4.78 is 5.53. The number of amides is 1. The Morgan fingerprint density at radius 2 is 2.13 bits per heavy atom. The molecular weight excluding hydrogens is 312 g/mol. The Hall–Kier alpha value is -1.26. The summed E-state index contributed by atoms with van der Waals surface area (Å²) in [5.74, 6) is 1.23. The van der Waals surface area contributed by atoms with Crippen LogP contribution in [-0.4, -0.2) is 25.6 Å². The third kappa shape index (κ3) is 2.72. The summed E-state index contributed by atoms with van der Waals surface area (Å²) >= 11 is 0. The lowest BCUT2D eigenvalue weighted by molar-refractivity contribution is -0.127. The van der Waals surface area contributed by atoms with Gasteiger partial charge in [-0.15, -0.1) is 12.4 Å². The van der Waals surface area contributed by atoms with Gasteiger partial charge in [-0.2, -0.15) is 0 Å². The van der Waals surface area contributed by atoms with Gasteiger partial charge < -0.3 is 15.4 Å². The number of fused-ring (bicyclic) bond motifs is 1. The van der Waals surface area contributed by atoms with Crippen LogP contribution in [-0.2, 0) is 17.8 Å². The average molecular weight is 337 g/mol. The van der Waals surface area contributed by atoms with Crippen LogP contribution < -0.4 is 15.4 Å². The topological polar surface area (TPSA) is 50.4 Å². The second-order valence-electron chi connectivity index (χ2n) is 7.26. The molecule has 1 spiro atoms. The molecule has 2 heterocycles. The van der Waals surface area contributed by atoms with Crippen LogP contribution in [0.2, 0.25) is 0 Å². The molecule has 1 atom stereocenters. The number of rotatable bonds is 3. The number of ether oxygens (including phenoxy) is 1. The quantitative estimate of drug-likeness (QED) is 0.891. The van der Waals surface area contributed by atoms with Crippen molar-refractivity contribution in [1.29, 1.82) is 0 Å². The number of carbonyl (C=O) groups excluding carboxylic acids is 1. The Bertz CT molecular complexity index is 613. The fraction of sp³-hybridized carbons (Fsp3) is 0.611. The highest BCUT2D eigenvalue weighted by atomic mass is 35.5. The van der Waals surface area contributed by atoms with E-state index in [1.807, 2.05) is 6.07 Å². The van der Waals surface area contributed by atoms with Gasteiger partial charge in [0, 0.05) is 13.0 Å². The van der Waals surface area contributed by atoms with Crippen molar-refractivity contribution in [3.8, 4) is 5.75 Å². The highest BCUT2D eigenvalue weighted by Gasteiger charge is 2.67. The molecule has 1 unspecified atom stereocenters. The monoisotopic (exact) mass is 336 g/mol. The molecule has 0 radical (unpaired) electrons. The van der Waals surface area contributed by atoms with E-state index < -0.39 is 0 Å². The molecule has 4 rings (SSSR count). The van der Waals surface area contributed by atoms with E-state index in [0.29, 0.717) is 6.54 Å². The molecule has 1 aliphatic carbocycles. The molecule has 1 aromatic rings. The van der Waals surface area contributed by atoms with Gasteiger partial charge in [0.2, 0.25) is 5.91 Å². The molecule has 0 bridgehead atoms. The maximum absolute atomic E-state index is 12.7. The molecule has 2 N–H and O–H groups in total. The molecule has 126 valence electrons. The Morgan fingerprint density at radius 3 is 2.91 bits per heavy atom. The fourth-order valence-electron chi connectivity index (χ4n) is 4.31. The highest BCUT2D eigenvalue weighted by Crippen LogP contribution is 2.68. The van der Waals surface area contributed by atoms with E-state index in [0.717, 1.165) is 51.1 Å². The van der Waals surface area contributed by atoms with Crippen molar-refractivity contribution in [2.75, 3.05) is 19.7 Å². The van der Waals surface area contributed by atoms with Gasteiger partial charge in [-0.25, -0.2) is 0 Å². The number of hydrogen-bond donors (Lipinski definition) is 2. The first-order valence-corrected chi connectivity index (χ1v) is 8.37. The van der Waals surface area contributed by atoms with Crippen molar-refractivity contribution in [2.24, 2.45) is 10.8 Å². The van der Waals surface area contributed by atoms with Gasteiger partial charge in [0.1, 0.15) is 5.75 Å². The fourth-order valence-corrected chi connectivity index (χ4v) is 4.31. The normalized spacial score (nSPS) is 26.8. The number of nitrogens with one attached hydrogen (secondary N) is 2. The van der Waals surface area contributed by atoms with E-state index in [-0.39, 0.29) is 29.1 Å². The van der Waals surface area contributed by atoms with Crippen LogP contribution in [0.15, 0.2) is 18.2 Å². The lowest BCUT2D eigenvalue weighted by atomic mass is 9.85. The van der Waals surface area contributed by atoms with Crippen molar-refractivity contribution < 1.29 is 9.53 Å². The molecule has 1 amide bonds. The number of piperidine rings is 1. The molecular formula is C18H25ClN2O2. The number of carbonyl (C=O) groups is 1. The first kappa shape index (κ1) is 16.6.